The minimum absolute atomic E-state index is 0.177. The van der Waals surface area contributed by atoms with Gasteiger partial charge < -0.3 is 40.3 Å². The standard InChI is InChI=1S/C59H113NO8/c1-3-5-7-9-11-13-15-17-19-21-23-25-27-29-31-33-35-37-39-41-43-45-47-49-55(63)60-52(51-67-59-58(66)57(65)56(64)54(50-61)68-59)53(62)48-46-44-42-40-38-36-34-32-30-28-26-24-22-20-18-16-14-12-10-8-6-4-2/h29,31,46,48,52-54,56-59,61-62,64-66H,3-28,30,32-45,47,49-51H2,1-2H3,(H,60,63)/b31-29-,48-46+. The lowest BCUT2D eigenvalue weighted by molar-refractivity contribution is -0.302. The summed E-state index contributed by atoms with van der Waals surface area (Å²) in [6.07, 6.45) is 55.3. The van der Waals surface area contributed by atoms with Gasteiger partial charge in [-0.15, -0.1) is 0 Å². The molecular weight excluding hydrogens is 851 g/mol. The molecule has 0 aromatic heterocycles. The van der Waals surface area contributed by atoms with Gasteiger partial charge in [0.25, 0.3) is 0 Å². The molecule has 9 nitrogen and oxygen atoms in total. The monoisotopic (exact) mass is 964 g/mol. The second-order valence-corrected chi connectivity index (χ2v) is 20.8. The molecule has 0 radical (unpaired) electrons. The number of aliphatic hydroxyl groups excluding tert-OH is 5. The van der Waals surface area contributed by atoms with Crippen molar-refractivity contribution in [2.45, 2.75) is 333 Å². The average Bonchev–Trinajstić information content (AvgIpc) is 3.34. The van der Waals surface area contributed by atoms with Gasteiger partial charge >= 0.3 is 0 Å². The fourth-order valence-corrected chi connectivity index (χ4v) is 9.57. The molecule has 0 aromatic carbocycles. The Bertz CT molecular complexity index is 1120. The Morgan fingerprint density at radius 3 is 1.19 bits per heavy atom. The highest BCUT2D eigenvalue weighted by Gasteiger charge is 2.44. The van der Waals surface area contributed by atoms with Gasteiger partial charge in [0, 0.05) is 6.42 Å². The number of unbranched alkanes of at least 4 members (excludes halogenated alkanes) is 39. The lowest BCUT2D eigenvalue weighted by atomic mass is 9.99. The van der Waals surface area contributed by atoms with Crippen molar-refractivity contribution in [3.05, 3.63) is 24.3 Å². The number of rotatable bonds is 51. The van der Waals surface area contributed by atoms with Gasteiger partial charge in [-0.3, -0.25) is 4.79 Å². The van der Waals surface area contributed by atoms with Crippen LogP contribution >= 0.6 is 0 Å². The van der Waals surface area contributed by atoms with Gasteiger partial charge in [-0.05, 0) is 44.9 Å². The van der Waals surface area contributed by atoms with E-state index in [2.05, 4.69) is 31.3 Å². The second-order valence-electron chi connectivity index (χ2n) is 20.8. The molecule has 1 rings (SSSR count). The molecule has 1 aliphatic heterocycles. The second kappa shape index (κ2) is 49.3. The normalized spacial score (nSPS) is 19.7. The maximum absolute atomic E-state index is 13.1. The molecule has 6 N–H and O–H groups in total. The highest BCUT2D eigenvalue weighted by molar-refractivity contribution is 5.76. The maximum Gasteiger partial charge on any atom is 0.220 e. The molecule has 1 saturated heterocycles. The van der Waals surface area contributed by atoms with Crippen LogP contribution < -0.4 is 5.32 Å². The average molecular weight is 965 g/mol. The number of allylic oxidation sites excluding steroid dienone is 3. The van der Waals surface area contributed by atoms with Gasteiger partial charge in [-0.1, -0.05) is 263 Å². The number of carbonyl (C=O) groups excluding carboxylic acids is 1. The van der Waals surface area contributed by atoms with Crippen molar-refractivity contribution in [3.8, 4) is 0 Å². The Morgan fingerprint density at radius 2 is 0.824 bits per heavy atom. The Kier molecular flexibility index (Phi) is 46.9. The third-order valence-electron chi connectivity index (χ3n) is 14.3. The van der Waals surface area contributed by atoms with Crippen molar-refractivity contribution < 1.29 is 39.8 Å². The minimum atomic E-state index is -1.57. The topological polar surface area (TPSA) is 149 Å². The van der Waals surface area contributed by atoms with Crippen LogP contribution in [-0.4, -0.2) is 87.5 Å². The molecule has 0 aliphatic carbocycles. The van der Waals surface area contributed by atoms with E-state index in [0.29, 0.717) is 6.42 Å². The van der Waals surface area contributed by atoms with Crippen LogP contribution in [0.5, 0.6) is 0 Å². The molecule has 0 bridgehead atoms. The molecule has 402 valence electrons. The zero-order chi connectivity index (χ0) is 49.4. The molecule has 9 heteroatoms. The van der Waals surface area contributed by atoms with Crippen molar-refractivity contribution in [2.24, 2.45) is 0 Å². The van der Waals surface area contributed by atoms with E-state index in [1.54, 1.807) is 6.08 Å². The number of carbonyl (C=O) groups is 1. The largest absolute Gasteiger partial charge is 0.394 e. The van der Waals surface area contributed by atoms with Crippen LogP contribution in [-0.2, 0) is 14.3 Å². The Labute approximate surface area is 419 Å². The van der Waals surface area contributed by atoms with Crippen molar-refractivity contribution in [1.29, 1.82) is 0 Å². The van der Waals surface area contributed by atoms with Gasteiger partial charge in [0.1, 0.15) is 24.4 Å². The summed E-state index contributed by atoms with van der Waals surface area (Å²) >= 11 is 0. The van der Waals surface area contributed by atoms with Crippen LogP contribution in [0.4, 0.5) is 0 Å². The first kappa shape index (κ1) is 64.7. The lowest BCUT2D eigenvalue weighted by Crippen LogP contribution is -2.60. The highest BCUT2D eigenvalue weighted by Crippen LogP contribution is 2.23. The summed E-state index contributed by atoms with van der Waals surface area (Å²) in [6, 6.07) is -0.806. The van der Waals surface area contributed by atoms with Gasteiger partial charge in [0.15, 0.2) is 6.29 Å². The Morgan fingerprint density at radius 1 is 0.485 bits per heavy atom. The number of aliphatic hydroxyl groups is 5. The summed E-state index contributed by atoms with van der Waals surface area (Å²) in [4.78, 5) is 13.1. The van der Waals surface area contributed by atoms with Crippen molar-refractivity contribution in [3.63, 3.8) is 0 Å². The number of hydrogen-bond acceptors (Lipinski definition) is 8. The summed E-state index contributed by atoms with van der Waals surface area (Å²) in [5.41, 5.74) is 0. The van der Waals surface area contributed by atoms with E-state index >= 15 is 0 Å². The van der Waals surface area contributed by atoms with E-state index in [9.17, 15) is 30.3 Å². The number of amides is 1. The van der Waals surface area contributed by atoms with Gasteiger partial charge in [0.2, 0.25) is 5.91 Å². The quantitative estimate of drug-likeness (QED) is 0.0261. The molecule has 0 saturated carbocycles. The number of ether oxygens (including phenoxy) is 2. The predicted molar refractivity (Wildman–Crippen MR) is 286 cm³/mol. The van der Waals surface area contributed by atoms with E-state index in [4.69, 9.17) is 9.47 Å². The Balaban J connectivity index is 2.22. The van der Waals surface area contributed by atoms with Crippen LogP contribution in [0.1, 0.15) is 290 Å². The fourth-order valence-electron chi connectivity index (χ4n) is 9.57. The molecule has 1 amide bonds. The van der Waals surface area contributed by atoms with Crippen molar-refractivity contribution in [1.82, 2.24) is 5.32 Å². The van der Waals surface area contributed by atoms with Crippen LogP contribution in [0, 0.1) is 0 Å². The third kappa shape index (κ3) is 38.4. The van der Waals surface area contributed by atoms with Crippen LogP contribution in [0.2, 0.25) is 0 Å². The van der Waals surface area contributed by atoms with E-state index in [0.717, 1.165) is 38.5 Å². The van der Waals surface area contributed by atoms with E-state index in [1.165, 1.54) is 231 Å². The molecule has 7 unspecified atom stereocenters. The van der Waals surface area contributed by atoms with E-state index in [1.807, 2.05) is 6.08 Å². The first-order valence-electron chi connectivity index (χ1n) is 29.6. The van der Waals surface area contributed by atoms with Crippen LogP contribution in [0.25, 0.3) is 0 Å². The molecule has 68 heavy (non-hydrogen) atoms. The Hall–Kier alpha value is -1.33. The van der Waals surface area contributed by atoms with E-state index in [-0.39, 0.29) is 12.5 Å². The van der Waals surface area contributed by atoms with Crippen LogP contribution in [0.15, 0.2) is 24.3 Å². The maximum atomic E-state index is 13.1. The SMILES string of the molecule is CCCCCCCCCCCCCC/C=C\CCCCCCCCCC(=O)NC(COC1OC(CO)C(O)C(O)C1O)C(O)/C=C/CCCCCCCCCCCCCCCCCCCCCC. The van der Waals surface area contributed by atoms with Crippen molar-refractivity contribution >= 4 is 5.91 Å². The molecule has 7 atom stereocenters. The predicted octanol–water partition coefficient (Wildman–Crippen LogP) is 14.6. The van der Waals surface area contributed by atoms with Gasteiger partial charge in [-0.25, -0.2) is 0 Å². The first-order chi connectivity index (χ1) is 33.3. The summed E-state index contributed by atoms with van der Waals surface area (Å²) in [6.45, 7) is 3.82. The molecule has 0 aromatic rings. The highest BCUT2D eigenvalue weighted by atomic mass is 16.7. The molecule has 1 fully saturated rings. The van der Waals surface area contributed by atoms with Gasteiger partial charge in [-0.2, -0.15) is 0 Å². The van der Waals surface area contributed by atoms with Gasteiger partial charge in [0.05, 0.1) is 25.4 Å². The van der Waals surface area contributed by atoms with Crippen LogP contribution in [0.3, 0.4) is 0 Å². The third-order valence-corrected chi connectivity index (χ3v) is 14.3. The number of hydrogen-bond donors (Lipinski definition) is 6. The molecular formula is C59H113NO8. The smallest absolute Gasteiger partial charge is 0.220 e. The lowest BCUT2D eigenvalue weighted by Gasteiger charge is -2.40. The van der Waals surface area contributed by atoms with E-state index < -0.39 is 49.5 Å². The molecule has 1 heterocycles. The zero-order valence-electron chi connectivity index (χ0n) is 44.6. The molecule has 0 spiro atoms. The van der Waals surface area contributed by atoms with Crippen molar-refractivity contribution in [2.75, 3.05) is 13.2 Å². The summed E-state index contributed by atoms with van der Waals surface area (Å²) in [7, 11) is 0. The minimum Gasteiger partial charge on any atom is -0.394 e. The summed E-state index contributed by atoms with van der Waals surface area (Å²) in [5.74, 6) is -0.177. The number of nitrogens with one attached hydrogen (secondary N) is 1. The fraction of sp³-hybridized carbons (Fsp3) is 0.915. The summed E-state index contributed by atoms with van der Waals surface area (Å²) < 4.78 is 11.3. The first-order valence-corrected chi connectivity index (χ1v) is 29.6. The molecule has 1 aliphatic rings. The summed E-state index contributed by atoms with van der Waals surface area (Å²) in [5, 5.41) is 54.5. The zero-order valence-corrected chi connectivity index (χ0v) is 44.6.